The Morgan fingerprint density at radius 2 is 1.86 bits per heavy atom. The molecule has 0 aliphatic carbocycles. The van der Waals surface area contributed by atoms with E-state index in [0.717, 1.165) is 13.0 Å². The zero-order valence-corrected chi connectivity index (χ0v) is 9.92. The highest BCUT2D eigenvalue weighted by Gasteiger charge is 2.08. The summed E-state index contributed by atoms with van der Waals surface area (Å²) in [6, 6.07) is 0.461. The summed E-state index contributed by atoms with van der Waals surface area (Å²) in [6.45, 7) is 10.0. The Balaban J connectivity index is 3.43. The fraction of sp³-hybridized carbons (Fsp3) is 1.00. The first-order valence-corrected chi connectivity index (χ1v) is 5.51. The third-order valence-corrected chi connectivity index (χ3v) is 1.95. The zero-order valence-electron chi connectivity index (χ0n) is 9.92. The summed E-state index contributed by atoms with van der Waals surface area (Å²) in [5, 5.41) is 12.3. The molecule has 0 aromatic heterocycles. The molecule has 2 N–H and O–H groups in total. The van der Waals surface area contributed by atoms with Crippen LogP contribution in [-0.4, -0.2) is 37.0 Å². The minimum Gasteiger partial charge on any atom is -0.395 e. The predicted molar refractivity (Wildman–Crippen MR) is 59.4 cm³/mol. The van der Waals surface area contributed by atoms with Crippen LogP contribution in [0.4, 0.5) is 0 Å². The van der Waals surface area contributed by atoms with Crippen molar-refractivity contribution in [2.75, 3.05) is 19.8 Å². The van der Waals surface area contributed by atoms with Gasteiger partial charge in [-0.3, -0.25) is 0 Å². The molecule has 1 atom stereocenters. The lowest BCUT2D eigenvalue weighted by Crippen LogP contribution is -2.40. The maximum absolute atomic E-state index is 9.04. The molecule has 0 saturated heterocycles. The van der Waals surface area contributed by atoms with Crippen molar-refractivity contribution < 1.29 is 9.84 Å². The van der Waals surface area contributed by atoms with Crippen LogP contribution in [0.1, 0.15) is 34.1 Å². The Kier molecular flexibility index (Phi) is 8.14. The molecule has 0 bridgehead atoms. The first-order chi connectivity index (χ1) is 6.56. The topological polar surface area (TPSA) is 41.5 Å². The van der Waals surface area contributed by atoms with Gasteiger partial charge in [0.15, 0.2) is 0 Å². The highest BCUT2D eigenvalue weighted by atomic mass is 16.5. The lowest BCUT2D eigenvalue weighted by atomic mass is 10.1. The van der Waals surface area contributed by atoms with E-state index < -0.39 is 0 Å². The average molecular weight is 203 g/mol. The van der Waals surface area contributed by atoms with Crippen molar-refractivity contribution in [2.24, 2.45) is 5.92 Å². The van der Waals surface area contributed by atoms with Crippen LogP contribution < -0.4 is 5.32 Å². The highest BCUT2D eigenvalue weighted by molar-refractivity contribution is 4.67. The fourth-order valence-electron chi connectivity index (χ4n) is 1.17. The van der Waals surface area contributed by atoms with E-state index in [1.807, 2.05) is 0 Å². The number of ether oxygens (including phenoxy) is 1. The molecule has 0 aromatic carbocycles. The molecule has 86 valence electrons. The van der Waals surface area contributed by atoms with Crippen molar-refractivity contribution in [3.8, 4) is 0 Å². The standard InChI is InChI=1S/C11H25NO2/c1-9(2)5-6-14-8-11(7-13)12-10(3)4/h9-13H,5-8H2,1-4H3. The maximum atomic E-state index is 9.04. The van der Waals surface area contributed by atoms with Crippen LogP contribution in [-0.2, 0) is 4.74 Å². The van der Waals surface area contributed by atoms with E-state index in [1.54, 1.807) is 0 Å². The SMILES string of the molecule is CC(C)CCOCC(CO)NC(C)C. The van der Waals surface area contributed by atoms with E-state index in [-0.39, 0.29) is 12.6 Å². The molecule has 14 heavy (non-hydrogen) atoms. The van der Waals surface area contributed by atoms with Crippen molar-refractivity contribution in [1.82, 2.24) is 5.32 Å². The molecule has 0 aromatic rings. The summed E-state index contributed by atoms with van der Waals surface area (Å²) in [7, 11) is 0. The minimum absolute atomic E-state index is 0.0714. The molecule has 0 saturated carbocycles. The molecule has 0 fully saturated rings. The van der Waals surface area contributed by atoms with Gasteiger partial charge < -0.3 is 15.2 Å². The van der Waals surface area contributed by atoms with E-state index in [2.05, 4.69) is 33.0 Å². The molecule has 0 aliphatic heterocycles. The van der Waals surface area contributed by atoms with Crippen molar-refractivity contribution in [1.29, 1.82) is 0 Å². The van der Waals surface area contributed by atoms with Crippen LogP contribution in [0.3, 0.4) is 0 Å². The number of aliphatic hydroxyl groups is 1. The van der Waals surface area contributed by atoms with Gasteiger partial charge in [0, 0.05) is 12.6 Å². The van der Waals surface area contributed by atoms with Crippen LogP contribution in [0.15, 0.2) is 0 Å². The van der Waals surface area contributed by atoms with Crippen molar-refractivity contribution in [3.63, 3.8) is 0 Å². The Hall–Kier alpha value is -0.120. The Bertz CT molecular complexity index is 126. The molecule has 0 amide bonds. The molecular weight excluding hydrogens is 178 g/mol. The van der Waals surface area contributed by atoms with Crippen LogP contribution in [0.2, 0.25) is 0 Å². The molecule has 0 rings (SSSR count). The maximum Gasteiger partial charge on any atom is 0.0642 e. The summed E-state index contributed by atoms with van der Waals surface area (Å²) < 4.78 is 5.48. The molecule has 3 nitrogen and oxygen atoms in total. The Morgan fingerprint density at radius 3 is 2.29 bits per heavy atom. The monoisotopic (exact) mass is 203 g/mol. The third kappa shape index (κ3) is 8.48. The normalized spacial score (nSPS) is 13.9. The summed E-state index contributed by atoms with van der Waals surface area (Å²) in [5.41, 5.74) is 0. The number of nitrogens with one attached hydrogen (secondary N) is 1. The summed E-state index contributed by atoms with van der Waals surface area (Å²) in [6.07, 6.45) is 1.08. The smallest absolute Gasteiger partial charge is 0.0642 e. The van der Waals surface area contributed by atoms with Crippen LogP contribution in [0, 0.1) is 5.92 Å². The van der Waals surface area contributed by atoms with E-state index in [4.69, 9.17) is 9.84 Å². The second kappa shape index (κ2) is 8.21. The van der Waals surface area contributed by atoms with E-state index in [0.29, 0.717) is 18.6 Å². The molecule has 3 heteroatoms. The second-order valence-electron chi connectivity index (χ2n) is 4.46. The summed E-state index contributed by atoms with van der Waals surface area (Å²) in [4.78, 5) is 0. The van der Waals surface area contributed by atoms with Gasteiger partial charge in [0.2, 0.25) is 0 Å². The van der Waals surface area contributed by atoms with Crippen LogP contribution in [0.5, 0.6) is 0 Å². The van der Waals surface area contributed by atoms with Crippen molar-refractivity contribution >= 4 is 0 Å². The quantitative estimate of drug-likeness (QED) is 0.586. The van der Waals surface area contributed by atoms with Gasteiger partial charge in [-0.05, 0) is 12.3 Å². The average Bonchev–Trinajstić information content (AvgIpc) is 2.09. The number of rotatable bonds is 8. The van der Waals surface area contributed by atoms with Gasteiger partial charge in [-0.25, -0.2) is 0 Å². The van der Waals surface area contributed by atoms with Gasteiger partial charge in [-0.15, -0.1) is 0 Å². The molecular formula is C11H25NO2. The minimum atomic E-state index is 0.0714. The molecule has 0 radical (unpaired) electrons. The lowest BCUT2D eigenvalue weighted by molar-refractivity contribution is 0.0794. The van der Waals surface area contributed by atoms with Gasteiger partial charge in [-0.1, -0.05) is 27.7 Å². The zero-order chi connectivity index (χ0) is 11.0. The molecule has 1 unspecified atom stereocenters. The second-order valence-corrected chi connectivity index (χ2v) is 4.46. The van der Waals surface area contributed by atoms with Gasteiger partial charge in [0.05, 0.1) is 19.3 Å². The fourth-order valence-corrected chi connectivity index (χ4v) is 1.17. The molecule has 0 spiro atoms. The van der Waals surface area contributed by atoms with Gasteiger partial charge >= 0.3 is 0 Å². The van der Waals surface area contributed by atoms with Crippen LogP contribution >= 0.6 is 0 Å². The third-order valence-electron chi connectivity index (χ3n) is 1.95. The van der Waals surface area contributed by atoms with E-state index in [1.165, 1.54) is 0 Å². The number of aliphatic hydroxyl groups excluding tert-OH is 1. The number of hydrogen-bond donors (Lipinski definition) is 2. The predicted octanol–water partition coefficient (Wildman–Crippen LogP) is 1.41. The first-order valence-electron chi connectivity index (χ1n) is 5.51. The van der Waals surface area contributed by atoms with Crippen molar-refractivity contribution in [3.05, 3.63) is 0 Å². The van der Waals surface area contributed by atoms with Gasteiger partial charge in [0.25, 0.3) is 0 Å². The summed E-state index contributed by atoms with van der Waals surface area (Å²) in [5.74, 6) is 0.681. The Labute approximate surface area is 87.8 Å². The Morgan fingerprint density at radius 1 is 1.21 bits per heavy atom. The highest BCUT2D eigenvalue weighted by Crippen LogP contribution is 1.99. The molecule has 0 aliphatic rings. The van der Waals surface area contributed by atoms with Gasteiger partial charge in [-0.2, -0.15) is 0 Å². The lowest BCUT2D eigenvalue weighted by Gasteiger charge is -2.19. The van der Waals surface area contributed by atoms with Gasteiger partial charge in [0.1, 0.15) is 0 Å². The first kappa shape index (κ1) is 13.9. The largest absolute Gasteiger partial charge is 0.395 e. The number of hydrogen-bond acceptors (Lipinski definition) is 3. The van der Waals surface area contributed by atoms with E-state index in [9.17, 15) is 0 Å². The van der Waals surface area contributed by atoms with Crippen LogP contribution in [0.25, 0.3) is 0 Å². The van der Waals surface area contributed by atoms with E-state index >= 15 is 0 Å². The van der Waals surface area contributed by atoms with Crippen molar-refractivity contribution in [2.45, 2.75) is 46.2 Å². The summed E-state index contributed by atoms with van der Waals surface area (Å²) >= 11 is 0. The molecule has 0 heterocycles.